The third-order valence-corrected chi connectivity index (χ3v) is 3.24. The Hall–Kier alpha value is -3.36. The SMILES string of the molecule is COC(=O)/C(=C/c1ccc(C(F)(F)F)nc1)NC(=O)OCc1ccccc1. The van der Waals surface area contributed by atoms with Gasteiger partial charge in [0.05, 0.1) is 7.11 Å². The van der Waals surface area contributed by atoms with Crippen molar-refractivity contribution in [1.29, 1.82) is 0 Å². The third-order valence-electron chi connectivity index (χ3n) is 3.24. The summed E-state index contributed by atoms with van der Waals surface area (Å²) in [6, 6.07) is 10.7. The molecule has 27 heavy (non-hydrogen) atoms. The summed E-state index contributed by atoms with van der Waals surface area (Å²) in [6.07, 6.45) is -3.45. The number of ether oxygens (including phenoxy) is 2. The van der Waals surface area contributed by atoms with Crippen LogP contribution in [0.1, 0.15) is 16.8 Å². The van der Waals surface area contributed by atoms with Crippen molar-refractivity contribution in [3.05, 3.63) is 71.2 Å². The highest BCUT2D eigenvalue weighted by Crippen LogP contribution is 2.27. The molecule has 0 fully saturated rings. The molecule has 1 heterocycles. The Balaban J connectivity index is 2.09. The first-order chi connectivity index (χ1) is 12.8. The summed E-state index contributed by atoms with van der Waals surface area (Å²) < 4.78 is 47.1. The van der Waals surface area contributed by atoms with Crippen molar-refractivity contribution in [2.75, 3.05) is 7.11 Å². The number of pyridine rings is 1. The third kappa shape index (κ3) is 6.14. The van der Waals surface area contributed by atoms with Gasteiger partial charge in [0.2, 0.25) is 0 Å². The fraction of sp³-hybridized carbons (Fsp3) is 0.167. The second-order valence-corrected chi connectivity index (χ2v) is 5.21. The first-order valence-electron chi connectivity index (χ1n) is 7.60. The summed E-state index contributed by atoms with van der Waals surface area (Å²) in [5.74, 6) is -0.897. The molecular formula is C18H15F3N2O4. The van der Waals surface area contributed by atoms with Crippen LogP contribution >= 0.6 is 0 Å². The van der Waals surface area contributed by atoms with E-state index < -0.39 is 23.9 Å². The van der Waals surface area contributed by atoms with Gasteiger partial charge in [-0.2, -0.15) is 13.2 Å². The van der Waals surface area contributed by atoms with Gasteiger partial charge < -0.3 is 9.47 Å². The molecule has 0 aliphatic heterocycles. The number of amides is 1. The van der Waals surface area contributed by atoms with Crippen molar-refractivity contribution in [1.82, 2.24) is 10.3 Å². The molecule has 0 spiro atoms. The van der Waals surface area contributed by atoms with E-state index in [9.17, 15) is 22.8 Å². The number of methoxy groups -OCH3 is 1. The number of alkyl halides is 3. The molecule has 0 aliphatic carbocycles. The average molecular weight is 380 g/mol. The van der Waals surface area contributed by atoms with Crippen molar-refractivity contribution < 1.29 is 32.2 Å². The van der Waals surface area contributed by atoms with Crippen LogP contribution in [0.2, 0.25) is 0 Å². The molecule has 0 radical (unpaired) electrons. The zero-order chi connectivity index (χ0) is 19.9. The van der Waals surface area contributed by atoms with Crippen LogP contribution in [-0.2, 0) is 27.1 Å². The molecule has 0 atom stereocenters. The Morgan fingerprint density at radius 3 is 2.41 bits per heavy atom. The number of benzene rings is 1. The first-order valence-corrected chi connectivity index (χ1v) is 7.60. The van der Waals surface area contributed by atoms with Crippen molar-refractivity contribution in [3.63, 3.8) is 0 Å². The number of halogens is 3. The van der Waals surface area contributed by atoms with E-state index in [0.717, 1.165) is 37.1 Å². The topological polar surface area (TPSA) is 77.5 Å². The van der Waals surface area contributed by atoms with Crippen LogP contribution in [0.3, 0.4) is 0 Å². The molecule has 0 unspecified atom stereocenters. The lowest BCUT2D eigenvalue weighted by Gasteiger charge is -2.10. The Labute approximate surface area is 152 Å². The lowest BCUT2D eigenvalue weighted by molar-refractivity contribution is -0.141. The number of rotatable bonds is 5. The van der Waals surface area contributed by atoms with Gasteiger partial charge in [0.25, 0.3) is 0 Å². The van der Waals surface area contributed by atoms with E-state index in [-0.39, 0.29) is 17.9 Å². The molecule has 2 rings (SSSR count). The molecule has 6 nitrogen and oxygen atoms in total. The standard InChI is InChI=1S/C18H15F3N2O4/c1-26-16(24)14(9-13-7-8-15(22-10-13)18(19,20)21)23-17(25)27-11-12-5-3-2-4-6-12/h2-10H,11H2,1H3,(H,23,25)/b14-9-. The number of carbonyl (C=O) groups is 2. The summed E-state index contributed by atoms with van der Waals surface area (Å²) in [5.41, 5.74) is -0.485. The van der Waals surface area contributed by atoms with Gasteiger partial charge in [-0.3, -0.25) is 10.3 Å². The van der Waals surface area contributed by atoms with Gasteiger partial charge in [-0.15, -0.1) is 0 Å². The highest BCUT2D eigenvalue weighted by Gasteiger charge is 2.32. The lowest BCUT2D eigenvalue weighted by atomic mass is 10.2. The van der Waals surface area contributed by atoms with Gasteiger partial charge in [0, 0.05) is 6.20 Å². The van der Waals surface area contributed by atoms with Crippen molar-refractivity contribution in [2.45, 2.75) is 12.8 Å². The second-order valence-electron chi connectivity index (χ2n) is 5.21. The number of aromatic nitrogens is 1. The van der Waals surface area contributed by atoms with E-state index in [1.165, 1.54) is 0 Å². The highest BCUT2D eigenvalue weighted by molar-refractivity contribution is 5.96. The zero-order valence-electron chi connectivity index (χ0n) is 14.1. The minimum absolute atomic E-state index is 0.0248. The molecule has 1 aromatic heterocycles. The minimum Gasteiger partial charge on any atom is -0.464 e. The van der Waals surface area contributed by atoms with Gasteiger partial charge >= 0.3 is 18.2 Å². The fourth-order valence-corrected chi connectivity index (χ4v) is 1.95. The Morgan fingerprint density at radius 1 is 1.15 bits per heavy atom. The molecule has 0 saturated heterocycles. The largest absolute Gasteiger partial charge is 0.464 e. The number of alkyl carbamates (subject to hydrolysis) is 1. The number of nitrogens with one attached hydrogen (secondary N) is 1. The molecule has 142 valence electrons. The quantitative estimate of drug-likeness (QED) is 0.634. The molecule has 0 bridgehead atoms. The van der Waals surface area contributed by atoms with Crippen LogP contribution in [0.4, 0.5) is 18.0 Å². The van der Waals surface area contributed by atoms with Gasteiger partial charge in [0.1, 0.15) is 18.0 Å². The van der Waals surface area contributed by atoms with E-state index in [1.54, 1.807) is 30.3 Å². The maximum atomic E-state index is 12.5. The van der Waals surface area contributed by atoms with Gasteiger partial charge in [0.15, 0.2) is 0 Å². The predicted molar refractivity (Wildman–Crippen MR) is 89.0 cm³/mol. The van der Waals surface area contributed by atoms with E-state index in [4.69, 9.17) is 4.74 Å². The van der Waals surface area contributed by atoms with E-state index >= 15 is 0 Å². The zero-order valence-corrected chi connectivity index (χ0v) is 14.1. The Morgan fingerprint density at radius 2 is 1.85 bits per heavy atom. The van der Waals surface area contributed by atoms with Gasteiger partial charge in [-0.05, 0) is 23.3 Å². The summed E-state index contributed by atoms with van der Waals surface area (Å²) in [7, 11) is 1.10. The van der Waals surface area contributed by atoms with Crippen LogP contribution in [0.5, 0.6) is 0 Å². The molecule has 1 N–H and O–H groups in total. The maximum Gasteiger partial charge on any atom is 0.433 e. The molecule has 0 aliphatic rings. The maximum absolute atomic E-state index is 12.5. The molecule has 0 saturated carbocycles. The van der Waals surface area contributed by atoms with Crippen LogP contribution in [0.15, 0.2) is 54.4 Å². The molecule has 9 heteroatoms. The first kappa shape index (κ1) is 20.0. The average Bonchev–Trinajstić information content (AvgIpc) is 2.65. The molecule has 2 aromatic rings. The van der Waals surface area contributed by atoms with Crippen LogP contribution in [-0.4, -0.2) is 24.2 Å². The highest BCUT2D eigenvalue weighted by atomic mass is 19.4. The van der Waals surface area contributed by atoms with Crippen molar-refractivity contribution in [3.8, 4) is 0 Å². The smallest absolute Gasteiger partial charge is 0.433 e. The lowest BCUT2D eigenvalue weighted by Crippen LogP contribution is -2.28. The van der Waals surface area contributed by atoms with Gasteiger partial charge in [-0.25, -0.2) is 9.59 Å². The van der Waals surface area contributed by atoms with Crippen LogP contribution in [0, 0.1) is 0 Å². The normalized spacial score (nSPS) is 11.6. The fourth-order valence-electron chi connectivity index (χ4n) is 1.95. The van der Waals surface area contributed by atoms with Crippen LogP contribution in [0.25, 0.3) is 6.08 Å². The second kappa shape index (κ2) is 8.84. The minimum atomic E-state index is -4.58. The number of nitrogens with zero attached hydrogens (tertiary/aromatic N) is 1. The van der Waals surface area contributed by atoms with Crippen LogP contribution < -0.4 is 5.32 Å². The Bertz CT molecular complexity index is 819. The number of carbonyl (C=O) groups excluding carboxylic acids is 2. The summed E-state index contributed by atoms with van der Waals surface area (Å²) >= 11 is 0. The molecular weight excluding hydrogens is 365 g/mol. The number of hydrogen-bond acceptors (Lipinski definition) is 5. The molecule has 1 amide bonds. The van der Waals surface area contributed by atoms with Gasteiger partial charge in [-0.1, -0.05) is 36.4 Å². The van der Waals surface area contributed by atoms with E-state index in [1.807, 2.05) is 0 Å². The summed E-state index contributed by atoms with van der Waals surface area (Å²) in [5, 5.41) is 2.21. The summed E-state index contributed by atoms with van der Waals surface area (Å²) in [6.45, 7) is -0.0248. The monoisotopic (exact) mass is 380 g/mol. The number of esters is 1. The number of hydrogen-bond donors (Lipinski definition) is 1. The Kier molecular flexibility index (Phi) is 6.53. The predicted octanol–water partition coefficient (Wildman–Crippen LogP) is 3.54. The van der Waals surface area contributed by atoms with Crippen molar-refractivity contribution in [2.24, 2.45) is 0 Å². The summed E-state index contributed by atoms with van der Waals surface area (Å²) in [4.78, 5) is 26.9. The van der Waals surface area contributed by atoms with E-state index in [0.29, 0.717) is 0 Å². The molecule has 1 aromatic carbocycles. The van der Waals surface area contributed by atoms with Crippen molar-refractivity contribution >= 4 is 18.1 Å². The van der Waals surface area contributed by atoms with E-state index in [2.05, 4.69) is 15.0 Å².